The van der Waals surface area contributed by atoms with Gasteiger partial charge < -0.3 is 10.6 Å². The van der Waals surface area contributed by atoms with Crippen molar-refractivity contribution in [2.24, 2.45) is 17.6 Å². The zero-order valence-corrected chi connectivity index (χ0v) is 12.9. The predicted octanol–water partition coefficient (Wildman–Crippen LogP) is 3.51. The first-order valence-corrected chi connectivity index (χ1v) is 7.28. The molecular formula is C15H34N2. The molecule has 0 radical (unpaired) electrons. The molecule has 0 rings (SSSR count). The Hall–Kier alpha value is -0.0800. The third kappa shape index (κ3) is 9.61. The number of nitrogens with two attached hydrogens (primary N) is 1. The van der Waals surface area contributed by atoms with E-state index in [4.69, 9.17) is 5.73 Å². The second-order valence-electron chi connectivity index (χ2n) is 6.65. The largest absolute Gasteiger partial charge is 0.324 e. The van der Waals surface area contributed by atoms with Crippen molar-refractivity contribution in [3.05, 3.63) is 0 Å². The lowest BCUT2D eigenvalue weighted by Gasteiger charge is -2.32. The monoisotopic (exact) mass is 242 g/mol. The van der Waals surface area contributed by atoms with Crippen LogP contribution in [-0.4, -0.2) is 30.1 Å². The van der Waals surface area contributed by atoms with Gasteiger partial charge in [-0.2, -0.15) is 0 Å². The van der Waals surface area contributed by atoms with E-state index in [0.29, 0.717) is 0 Å². The van der Waals surface area contributed by atoms with Gasteiger partial charge in [-0.15, -0.1) is 0 Å². The highest BCUT2D eigenvalue weighted by atomic mass is 15.1. The molecule has 0 aliphatic carbocycles. The molecule has 0 aromatic heterocycles. The van der Waals surface area contributed by atoms with Gasteiger partial charge >= 0.3 is 0 Å². The highest BCUT2D eigenvalue weighted by Crippen LogP contribution is 2.12. The molecule has 2 N–H and O–H groups in total. The second-order valence-corrected chi connectivity index (χ2v) is 6.65. The first kappa shape index (κ1) is 16.9. The minimum atomic E-state index is -0.0338. The quantitative estimate of drug-likeness (QED) is 0.670. The Kier molecular flexibility index (Phi) is 8.06. The Bertz CT molecular complexity index is 173. The van der Waals surface area contributed by atoms with E-state index in [-0.39, 0.29) is 5.54 Å². The zero-order valence-electron chi connectivity index (χ0n) is 12.9. The molecule has 2 nitrogen and oxygen atoms in total. The maximum Gasteiger partial charge on any atom is 0.0252 e. The molecule has 1 unspecified atom stereocenters. The molecule has 2 heteroatoms. The Balaban J connectivity index is 4.19. The third-order valence-corrected chi connectivity index (χ3v) is 3.44. The smallest absolute Gasteiger partial charge is 0.0252 e. The lowest BCUT2D eigenvalue weighted by Crippen LogP contribution is -2.48. The van der Waals surface area contributed by atoms with Gasteiger partial charge in [0.05, 0.1) is 0 Å². The van der Waals surface area contributed by atoms with E-state index in [1.54, 1.807) is 0 Å². The maximum absolute atomic E-state index is 6.29. The number of nitrogens with zero attached hydrogens (tertiary/aromatic N) is 1. The van der Waals surface area contributed by atoms with E-state index in [2.05, 4.69) is 46.4 Å². The van der Waals surface area contributed by atoms with Crippen molar-refractivity contribution in [2.45, 2.75) is 66.3 Å². The molecule has 0 bridgehead atoms. The van der Waals surface area contributed by atoms with Gasteiger partial charge in [-0.3, -0.25) is 0 Å². The molecule has 104 valence electrons. The fourth-order valence-corrected chi connectivity index (χ4v) is 1.77. The first-order chi connectivity index (χ1) is 7.76. The molecular weight excluding hydrogens is 208 g/mol. The Morgan fingerprint density at radius 1 is 1.00 bits per heavy atom. The number of hydrogen-bond donors (Lipinski definition) is 1. The van der Waals surface area contributed by atoms with Crippen LogP contribution < -0.4 is 5.73 Å². The highest BCUT2D eigenvalue weighted by molar-refractivity contribution is 4.81. The SMILES string of the molecule is CCC(C)(N)CN(CCC(C)C)CCC(C)C. The summed E-state index contributed by atoms with van der Waals surface area (Å²) in [7, 11) is 0. The lowest BCUT2D eigenvalue weighted by molar-refractivity contribution is 0.194. The molecule has 0 spiro atoms. The van der Waals surface area contributed by atoms with Gasteiger partial charge in [-0.25, -0.2) is 0 Å². The van der Waals surface area contributed by atoms with Gasteiger partial charge in [0.25, 0.3) is 0 Å². The predicted molar refractivity (Wildman–Crippen MR) is 78.2 cm³/mol. The summed E-state index contributed by atoms with van der Waals surface area (Å²) >= 11 is 0. The average molecular weight is 242 g/mol. The van der Waals surface area contributed by atoms with Gasteiger partial charge in [0.2, 0.25) is 0 Å². The van der Waals surface area contributed by atoms with Crippen molar-refractivity contribution >= 4 is 0 Å². The molecule has 0 aliphatic heterocycles. The van der Waals surface area contributed by atoms with Crippen molar-refractivity contribution in [3.8, 4) is 0 Å². The van der Waals surface area contributed by atoms with Crippen LogP contribution in [-0.2, 0) is 0 Å². The van der Waals surface area contributed by atoms with Crippen LogP contribution in [0.1, 0.15) is 60.8 Å². The topological polar surface area (TPSA) is 29.3 Å². The molecule has 0 saturated heterocycles. The van der Waals surface area contributed by atoms with Crippen LogP contribution in [0.2, 0.25) is 0 Å². The van der Waals surface area contributed by atoms with Crippen LogP contribution in [0.15, 0.2) is 0 Å². The molecule has 0 aromatic carbocycles. The molecule has 0 heterocycles. The molecule has 0 aromatic rings. The van der Waals surface area contributed by atoms with Gasteiger partial charge in [0.15, 0.2) is 0 Å². The van der Waals surface area contributed by atoms with E-state index in [1.807, 2.05) is 0 Å². The van der Waals surface area contributed by atoms with Crippen molar-refractivity contribution in [1.29, 1.82) is 0 Å². The average Bonchev–Trinajstić information content (AvgIpc) is 2.21. The van der Waals surface area contributed by atoms with Gasteiger partial charge in [0.1, 0.15) is 0 Å². The minimum Gasteiger partial charge on any atom is -0.324 e. The van der Waals surface area contributed by atoms with Crippen molar-refractivity contribution in [2.75, 3.05) is 19.6 Å². The first-order valence-electron chi connectivity index (χ1n) is 7.28. The second kappa shape index (κ2) is 8.10. The summed E-state index contributed by atoms with van der Waals surface area (Å²) in [6.45, 7) is 16.9. The van der Waals surface area contributed by atoms with Crippen LogP contribution in [0, 0.1) is 11.8 Å². The summed E-state index contributed by atoms with van der Waals surface area (Å²) in [4.78, 5) is 2.56. The molecule has 0 amide bonds. The molecule has 0 saturated carbocycles. The summed E-state index contributed by atoms with van der Waals surface area (Å²) in [6.07, 6.45) is 3.60. The van der Waals surface area contributed by atoms with E-state index < -0.39 is 0 Å². The molecule has 0 fully saturated rings. The van der Waals surface area contributed by atoms with Crippen LogP contribution in [0.5, 0.6) is 0 Å². The van der Waals surface area contributed by atoms with Crippen LogP contribution in [0.3, 0.4) is 0 Å². The van der Waals surface area contributed by atoms with Gasteiger partial charge in [0, 0.05) is 12.1 Å². The number of hydrogen-bond acceptors (Lipinski definition) is 2. The summed E-state index contributed by atoms with van der Waals surface area (Å²) in [6, 6.07) is 0. The van der Waals surface area contributed by atoms with Gasteiger partial charge in [-0.05, 0) is 51.1 Å². The fourth-order valence-electron chi connectivity index (χ4n) is 1.77. The summed E-state index contributed by atoms with van der Waals surface area (Å²) in [5, 5.41) is 0. The normalized spacial score (nSPS) is 15.9. The van der Waals surface area contributed by atoms with Crippen molar-refractivity contribution in [3.63, 3.8) is 0 Å². The number of rotatable bonds is 9. The zero-order chi connectivity index (χ0) is 13.5. The lowest BCUT2D eigenvalue weighted by atomic mass is 9.98. The Labute approximate surface area is 109 Å². The van der Waals surface area contributed by atoms with Crippen LogP contribution in [0.4, 0.5) is 0 Å². The third-order valence-electron chi connectivity index (χ3n) is 3.44. The summed E-state index contributed by atoms with van der Waals surface area (Å²) in [5.74, 6) is 1.56. The standard InChI is InChI=1S/C15H34N2/c1-7-15(6,16)12-17(10-8-13(2)3)11-9-14(4)5/h13-14H,7-12,16H2,1-6H3. The van der Waals surface area contributed by atoms with E-state index in [9.17, 15) is 0 Å². The molecule has 17 heavy (non-hydrogen) atoms. The Morgan fingerprint density at radius 3 is 1.71 bits per heavy atom. The van der Waals surface area contributed by atoms with Crippen molar-refractivity contribution in [1.82, 2.24) is 4.90 Å². The van der Waals surface area contributed by atoms with E-state index in [0.717, 1.165) is 24.8 Å². The molecule has 1 atom stereocenters. The highest BCUT2D eigenvalue weighted by Gasteiger charge is 2.20. The fraction of sp³-hybridized carbons (Fsp3) is 1.00. The summed E-state index contributed by atoms with van der Waals surface area (Å²) in [5.41, 5.74) is 6.25. The van der Waals surface area contributed by atoms with Crippen molar-refractivity contribution < 1.29 is 0 Å². The van der Waals surface area contributed by atoms with Crippen LogP contribution >= 0.6 is 0 Å². The van der Waals surface area contributed by atoms with Gasteiger partial charge in [-0.1, -0.05) is 34.6 Å². The molecule has 0 aliphatic rings. The Morgan fingerprint density at radius 2 is 1.41 bits per heavy atom. The summed E-state index contributed by atoms with van der Waals surface area (Å²) < 4.78 is 0. The van der Waals surface area contributed by atoms with E-state index >= 15 is 0 Å². The van der Waals surface area contributed by atoms with E-state index in [1.165, 1.54) is 25.9 Å². The minimum absolute atomic E-state index is 0.0338. The maximum atomic E-state index is 6.29. The van der Waals surface area contributed by atoms with Crippen LogP contribution in [0.25, 0.3) is 0 Å².